The van der Waals surface area contributed by atoms with Crippen LogP contribution in [0.15, 0.2) is 16.9 Å². The van der Waals surface area contributed by atoms with Crippen molar-refractivity contribution in [2.45, 2.75) is 19.4 Å². The van der Waals surface area contributed by atoms with E-state index in [0.29, 0.717) is 5.82 Å². The summed E-state index contributed by atoms with van der Waals surface area (Å²) in [5.74, 6) is 0.454. The fraction of sp³-hybridized carbons (Fsp3) is 0.500. The van der Waals surface area contributed by atoms with Gasteiger partial charge in [0.05, 0.1) is 6.10 Å². The highest BCUT2D eigenvalue weighted by molar-refractivity contribution is 5.75. The molecule has 0 radical (unpaired) electrons. The molecule has 0 aromatic rings. The van der Waals surface area contributed by atoms with Crippen molar-refractivity contribution in [1.29, 1.82) is 0 Å². The van der Waals surface area contributed by atoms with Crippen molar-refractivity contribution >= 4 is 12.1 Å². The zero-order valence-corrected chi connectivity index (χ0v) is 7.20. The Morgan fingerprint density at radius 2 is 2.58 bits per heavy atom. The van der Waals surface area contributed by atoms with E-state index in [4.69, 9.17) is 4.74 Å². The minimum atomic E-state index is -0.116. The molecule has 0 bridgehead atoms. The lowest BCUT2D eigenvalue weighted by Gasteiger charge is -2.13. The molecule has 1 aliphatic heterocycles. The summed E-state index contributed by atoms with van der Waals surface area (Å²) in [7, 11) is 1.63. The van der Waals surface area contributed by atoms with Crippen LogP contribution in [0, 0.1) is 0 Å². The van der Waals surface area contributed by atoms with Gasteiger partial charge in [0.25, 0.3) is 0 Å². The Hall–Kier alpha value is -1.16. The van der Waals surface area contributed by atoms with Gasteiger partial charge in [-0.2, -0.15) is 0 Å². The molecule has 4 heteroatoms. The first-order valence-electron chi connectivity index (χ1n) is 3.77. The zero-order chi connectivity index (χ0) is 8.97. The van der Waals surface area contributed by atoms with Gasteiger partial charge in [-0.1, -0.05) is 0 Å². The van der Waals surface area contributed by atoms with Gasteiger partial charge in [-0.05, 0) is 6.08 Å². The third-order valence-electron chi connectivity index (χ3n) is 1.52. The van der Waals surface area contributed by atoms with Gasteiger partial charge in [-0.3, -0.25) is 4.79 Å². The van der Waals surface area contributed by atoms with Crippen molar-refractivity contribution in [2.75, 3.05) is 7.11 Å². The van der Waals surface area contributed by atoms with Gasteiger partial charge in [-0.15, -0.1) is 0 Å². The molecule has 66 valence electrons. The maximum Gasteiger partial charge on any atom is 0.222 e. The average Bonchev–Trinajstić information content (AvgIpc) is 2.03. The topological polar surface area (TPSA) is 50.7 Å². The molecule has 0 saturated carbocycles. The van der Waals surface area contributed by atoms with Crippen LogP contribution >= 0.6 is 0 Å². The second-order valence-electron chi connectivity index (χ2n) is 2.55. The number of hydrogen-bond donors (Lipinski definition) is 1. The first-order chi connectivity index (χ1) is 5.72. The number of aliphatic imine (C=N–C) groups is 1. The third-order valence-corrected chi connectivity index (χ3v) is 1.52. The van der Waals surface area contributed by atoms with E-state index in [0.717, 1.165) is 6.42 Å². The van der Waals surface area contributed by atoms with Crippen LogP contribution in [0.25, 0.3) is 0 Å². The Morgan fingerprint density at radius 3 is 3.17 bits per heavy atom. The van der Waals surface area contributed by atoms with Gasteiger partial charge in [-0.25, -0.2) is 4.99 Å². The average molecular weight is 168 g/mol. The fourth-order valence-corrected chi connectivity index (χ4v) is 0.961. The maximum absolute atomic E-state index is 10.6. The number of nitrogens with zero attached hydrogens (tertiary/aromatic N) is 1. The number of carbonyl (C=O) groups is 1. The van der Waals surface area contributed by atoms with Crippen LogP contribution in [0.5, 0.6) is 0 Å². The molecule has 12 heavy (non-hydrogen) atoms. The summed E-state index contributed by atoms with van der Waals surface area (Å²) in [6.07, 6.45) is 4.32. The largest absolute Gasteiger partial charge is 0.377 e. The molecule has 0 spiro atoms. The number of methoxy groups -OCH3 is 1. The Labute approximate surface area is 71.3 Å². The minimum Gasteiger partial charge on any atom is -0.377 e. The van der Waals surface area contributed by atoms with Crippen molar-refractivity contribution in [3.05, 3.63) is 11.9 Å². The van der Waals surface area contributed by atoms with Crippen LogP contribution in [0.4, 0.5) is 0 Å². The van der Waals surface area contributed by atoms with E-state index in [1.807, 2.05) is 0 Å². The van der Waals surface area contributed by atoms with Crippen molar-refractivity contribution in [3.63, 3.8) is 0 Å². The minimum absolute atomic E-state index is 0.0318. The number of carbonyl (C=O) groups excluding carboxylic acids is 1. The zero-order valence-electron chi connectivity index (χ0n) is 7.20. The quantitative estimate of drug-likeness (QED) is 0.651. The summed E-state index contributed by atoms with van der Waals surface area (Å²) in [5, 5.41) is 2.59. The summed E-state index contributed by atoms with van der Waals surface area (Å²) in [4.78, 5) is 14.6. The first kappa shape index (κ1) is 8.93. The molecule has 0 fully saturated rings. The molecule has 0 aromatic heterocycles. The Morgan fingerprint density at radius 1 is 1.83 bits per heavy atom. The number of hydrogen-bond acceptors (Lipinski definition) is 3. The van der Waals surface area contributed by atoms with Crippen molar-refractivity contribution in [1.82, 2.24) is 5.32 Å². The molecule has 0 aliphatic carbocycles. The van der Waals surface area contributed by atoms with E-state index >= 15 is 0 Å². The van der Waals surface area contributed by atoms with Crippen LogP contribution in [0.2, 0.25) is 0 Å². The van der Waals surface area contributed by atoms with E-state index in [9.17, 15) is 4.79 Å². The highest BCUT2D eigenvalue weighted by Gasteiger charge is 2.09. The molecule has 0 aromatic carbocycles. The Bertz CT molecular complexity index is 233. The molecule has 4 nitrogen and oxygen atoms in total. The lowest BCUT2D eigenvalue weighted by atomic mass is 10.2. The molecule has 1 aliphatic rings. The highest BCUT2D eigenvalue weighted by Crippen LogP contribution is 2.07. The molecule has 1 atom stereocenters. The van der Waals surface area contributed by atoms with Gasteiger partial charge >= 0.3 is 0 Å². The van der Waals surface area contributed by atoms with Crippen molar-refractivity contribution in [3.8, 4) is 0 Å². The van der Waals surface area contributed by atoms with E-state index < -0.39 is 0 Å². The third kappa shape index (κ3) is 2.47. The fourth-order valence-electron chi connectivity index (χ4n) is 0.961. The lowest BCUT2D eigenvalue weighted by Crippen LogP contribution is -2.23. The van der Waals surface area contributed by atoms with Gasteiger partial charge in [0, 0.05) is 26.7 Å². The molecule has 1 amide bonds. The standard InChI is InChI=1S/C8H12N2O2/c1-6(11)10-8-5-7(12-2)3-4-9-8/h4-5,7H,3H2,1-2H3,(H,10,11). The molecule has 1 rings (SSSR count). The summed E-state index contributed by atoms with van der Waals surface area (Å²) in [6, 6.07) is 0. The van der Waals surface area contributed by atoms with Gasteiger partial charge < -0.3 is 10.1 Å². The second-order valence-corrected chi connectivity index (χ2v) is 2.55. The molecule has 1 heterocycles. The Kier molecular flexibility index (Phi) is 2.99. The van der Waals surface area contributed by atoms with Crippen LogP contribution in [-0.4, -0.2) is 25.3 Å². The summed E-state index contributed by atoms with van der Waals surface area (Å²) in [6.45, 7) is 1.45. The normalized spacial score (nSPS) is 21.8. The lowest BCUT2D eigenvalue weighted by molar-refractivity contribution is -0.118. The van der Waals surface area contributed by atoms with Crippen LogP contribution < -0.4 is 5.32 Å². The molecule has 1 unspecified atom stereocenters. The van der Waals surface area contributed by atoms with E-state index in [1.54, 1.807) is 19.4 Å². The number of amides is 1. The second kappa shape index (κ2) is 4.01. The number of rotatable bonds is 2. The van der Waals surface area contributed by atoms with E-state index in [-0.39, 0.29) is 12.0 Å². The van der Waals surface area contributed by atoms with Gasteiger partial charge in [0.2, 0.25) is 5.91 Å². The molecule has 0 saturated heterocycles. The van der Waals surface area contributed by atoms with Gasteiger partial charge in [0.1, 0.15) is 5.82 Å². The maximum atomic E-state index is 10.6. The molecule has 1 N–H and O–H groups in total. The SMILES string of the molecule is COC1C=C(NC(C)=O)N=CC1. The summed E-state index contributed by atoms with van der Waals surface area (Å²) < 4.78 is 5.08. The number of ether oxygens (including phenoxy) is 1. The first-order valence-corrected chi connectivity index (χ1v) is 3.77. The molecular weight excluding hydrogens is 156 g/mol. The van der Waals surface area contributed by atoms with E-state index in [2.05, 4.69) is 10.3 Å². The summed E-state index contributed by atoms with van der Waals surface area (Å²) in [5.41, 5.74) is 0. The predicted molar refractivity (Wildman–Crippen MR) is 45.8 cm³/mol. The van der Waals surface area contributed by atoms with E-state index in [1.165, 1.54) is 6.92 Å². The monoisotopic (exact) mass is 168 g/mol. The van der Waals surface area contributed by atoms with Crippen molar-refractivity contribution in [2.24, 2.45) is 4.99 Å². The Balaban J connectivity index is 2.57. The van der Waals surface area contributed by atoms with Crippen LogP contribution in [0.3, 0.4) is 0 Å². The van der Waals surface area contributed by atoms with Crippen LogP contribution in [-0.2, 0) is 9.53 Å². The van der Waals surface area contributed by atoms with Gasteiger partial charge in [0.15, 0.2) is 0 Å². The molecular formula is C8H12N2O2. The predicted octanol–water partition coefficient (Wildman–Crippen LogP) is 0.453. The highest BCUT2D eigenvalue weighted by atomic mass is 16.5. The number of nitrogens with one attached hydrogen (secondary N) is 1. The smallest absolute Gasteiger partial charge is 0.222 e. The van der Waals surface area contributed by atoms with Crippen LogP contribution in [0.1, 0.15) is 13.3 Å². The van der Waals surface area contributed by atoms with Crippen molar-refractivity contribution < 1.29 is 9.53 Å². The summed E-state index contributed by atoms with van der Waals surface area (Å²) >= 11 is 0.